The molecule has 0 aliphatic heterocycles. The molecule has 0 saturated heterocycles. The number of nitrogens with two attached hydrogens (primary N) is 1. The van der Waals surface area contributed by atoms with Crippen molar-refractivity contribution in [1.29, 1.82) is 0 Å². The van der Waals surface area contributed by atoms with E-state index in [1.165, 1.54) is 18.2 Å². The van der Waals surface area contributed by atoms with Crippen LogP contribution >= 0.6 is 0 Å². The second-order valence-electron chi connectivity index (χ2n) is 4.17. The average molecular weight is 288 g/mol. The lowest BCUT2D eigenvalue weighted by atomic mass is 10.1. The Labute approximate surface area is 111 Å². The van der Waals surface area contributed by atoms with Crippen LogP contribution in [0, 0.1) is 16.0 Å². The summed E-state index contributed by atoms with van der Waals surface area (Å²) in [7, 11) is -3.55. The number of primary sulfonamides is 1. The number of hydrogen-bond donors (Lipinski definition) is 1. The third-order valence-electron chi connectivity index (χ3n) is 2.56. The number of hydrogen-bond acceptors (Lipinski definition) is 5. The number of non-ortho nitro benzene ring substituents is 1. The van der Waals surface area contributed by atoms with Crippen LogP contribution in [0.2, 0.25) is 0 Å². The molecule has 1 aromatic rings. The van der Waals surface area contributed by atoms with Crippen molar-refractivity contribution in [3.05, 3.63) is 34.4 Å². The Bertz CT molecular complexity index is 544. The molecule has 8 heteroatoms. The number of nitrogens with zero attached hydrogens (tertiary/aromatic N) is 1. The van der Waals surface area contributed by atoms with Gasteiger partial charge in [0, 0.05) is 12.0 Å². The molecule has 2 N–H and O–H groups in total. The summed E-state index contributed by atoms with van der Waals surface area (Å²) >= 11 is 0. The fraction of sp³-hybridized carbons (Fsp3) is 0.455. The molecule has 0 fully saturated rings. The maximum atomic E-state index is 11.0. The SMILES string of the molecule is CCC(COc1cccc([N+](=O)[O-])c1)CS(N)(=O)=O. The summed E-state index contributed by atoms with van der Waals surface area (Å²) in [5, 5.41) is 15.6. The Morgan fingerprint density at radius 3 is 2.68 bits per heavy atom. The molecular formula is C11H16N2O5S. The van der Waals surface area contributed by atoms with Crippen LogP contribution in [0.25, 0.3) is 0 Å². The van der Waals surface area contributed by atoms with Crippen molar-refractivity contribution in [2.45, 2.75) is 13.3 Å². The lowest BCUT2D eigenvalue weighted by Crippen LogP contribution is -2.26. The highest BCUT2D eigenvalue weighted by atomic mass is 32.2. The van der Waals surface area contributed by atoms with Gasteiger partial charge in [-0.15, -0.1) is 0 Å². The largest absolute Gasteiger partial charge is 0.493 e. The topological polar surface area (TPSA) is 113 Å². The second-order valence-corrected chi connectivity index (χ2v) is 5.83. The minimum atomic E-state index is -3.55. The average Bonchev–Trinajstić information content (AvgIpc) is 2.33. The highest BCUT2D eigenvalue weighted by Gasteiger charge is 2.15. The molecule has 0 aliphatic rings. The molecular weight excluding hydrogens is 272 g/mol. The van der Waals surface area contributed by atoms with E-state index < -0.39 is 14.9 Å². The van der Waals surface area contributed by atoms with Crippen molar-refractivity contribution in [2.75, 3.05) is 12.4 Å². The number of nitro groups is 1. The molecule has 106 valence electrons. The Hall–Kier alpha value is -1.67. The number of sulfonamides is 1. The molecule has 0 amide bonds. The second kappa shape index (κ2) is 6.48. The van der Waals surface area contributed by atoms with Crippen molar-refractivity contribution >= 4 is 15.7 Å². The van der Waals surface area contributed by atoms with Gasteiger partial charge in [0.05, 0.1) is 23.3 Å². The highest BCUT2D eigenvalue weighted by Crippen LogP contribution is 2.20. The summed E-state index contributed by atoms with van der Waals surface area (Å²) in [5.41, 5.74) is -0.0722. The standard InChI is InChI=1S/C11H16N2O5S/c1-2-9(8-19(12,16)17)7-18-11-5-3-4-10(6-11)13(14)15/h3-6,9H,2,7-8H2,1H3,(H2,12,16,17). The minimum Gasteiger partial charge on any atom is -0.493 e. The molecule has 0 aliphatic carbocycles. The molecule has 7 nitrogen and oxygen atoms in total. The zero-order valence-electron chi connectivity index (χ0n) is 10.5. The molecule has 0 spiro atoms. The van der Waals surface area contributed by atoms with Crippen molar-refractivity contribution in [3.63, 3.8) is 0 Å². The Balaban J connectivity index is 2.64. The number of rotatable bonds is 7. The summed E-state index contributed by atoms with van der Waals surface area (Å²) in [6.45, 7) is 1.97. The van der Waals surface area contributed by atoms with Gasteiger partial charge in [0.2, 0.25) is 10.0 Å². The maximum absolute atomic E-state index is 11.0. The molecule has 1 rings (SSSR count). The van der Waals surface area contributed by atoms with Gasteiger partial charge in [-0.3, -0.25) is 10.1 Å². The summed E-state index contributed by atoms with van der Waals surface area (Å²) < 4.78 is 27.3. The van der Waals surface area contributed by atoms with E-state index in [1.54, 1.807) is 6.07 Å². The zero-order valence-corrected chi connectivity index (χ0v) is 11.3. The normalized spacial score (nSPS) is 12.9. The first-order chi connectivity index (χ1) is 8.81. The number of ether oxygens (including phenoxy) is 1. The molecule has 1 atom stereocenters. The number of benzene rings is 1. The van der Waals surface area contributed by atoms with Gasteiger partial charge in [0.1, 0.15) is 5.75 Å². The van der Waals surface area contributed by atoms with Crippen LogP contribution in [0.3, 0.4) is 0 Å². The van der Waals surface area contributed by atoms with E-state index in [-0.39, 0.29) is 24.0 Å². The van der Waals surface area contributed by atoms with Crippen molar-refractivity contribution < 1.29 is 18.1 Å². The van der Waals surface area contributed by atoms with Crippen molar-refractivity contribution in [1.82, 2.24) is 0 Å². The summed E-state index contributed by atoms with van der Waals surface area (Å²) in [6.07, 6.45) is 0.589. The zero-order chi connectivity index (χ0) is 14.5. The summed E-state index contributed by atoms with van der Waals surface area (Å²) in [6, 6.07) is 5.74. The summed E-state index contributed by atoms with van der Waals surface area (Å²) in [4.78, 5) is 10.1. The lowest BCUT2D eigenvalue weighted by molar-refractivity contribution is -0.384. The molecule has 0 heterocycles. The van der Waals surface area contributed by atoms with E-state index in [0.717, 1.165) is 0 Å². The fourth-order valence-electron chi connectivity index (χ4n) is 1.51. The minimum absolute atomic E-state index is 0.0722. The van der Waals surface area contributed by atoms with Gasteiger partial charge in [0.25, 0.3) is 5.69 Å². The molecule has 1 aromatic carbocycles. The summed E-state index contributed by atoms with van der Waals surface area (Å²) in [5.74, 6) is -0.0744. The van der Waals surface area contributed by atoms with Crippen LogP contribution in [-0.2, 0) is 10.0 Å². The van der Waals surface area contributed by atoms with E-state index >= 15 is 0 Å². The number of nitro benzene ring substituents is 1. The van der Waals surface area contributed by atoms with Gasteiger partial charge < -0.3 is 4.74 Å². The Morgan fingerprint density at radius 2 is 2.16 bits per heavy atom. The molecule has 19 heavy (non-hydrogen) atoms. The van der Waals surface area contributed by atoms with E-state index in [2.05, 4.69) is 0 Å². The monoisotopic (exact) mass is 288 g/mol. The van der Waals surface area contributed by atoms with Crippen LogP contribution in [-0.4, -0.2) is 25.7 Å². The molecule has 0 bridgehead atoms. The third-order valence-corrected chi connectivity index (χ3v) is 3.50. The van der Waals surface area contributed by atoms with Crippen LogP contribution < -0.4 is 9.88 Å². The van der Waals surface area contributed by atoms with Gasteiger partial charge in [0.15, 0.2) is 0 Å². The van der Waals surface area contributed by atoms with Crippen molar-refractivity contribution in [2.24, 2.45) is 11.1 Å². The molecule has 0 aromatic heterocycles. The predicted molar refractivity (Wildman–Crippen MR) is 70.3 cm³/mol. The van der Waals surface area contributed by atoms with Crippen LogP contribution in [0.15, 0.2) is 24.3 Å². The maximum Gasteiger partial charge on any atom is 0.273 e. The van der Waals surface area contributed by atoms with Crippen LogP contribution in [0.5, 0.6) is 5.75 Å². The van der Waals surface area contributed by atoms with Gasteiger partial charge in [-0.1, -0.05) is 13.0 Å². The van der Waals surface area contributed by atoms with E-state index in [1.807, 2.05) is 6.92 Å². The fourth-order valence-corrected chi connectivity index (χ4v) is 2.50. The first-order valence-corrected chi connectivity index (χ1v) is 7.41. The van der Waals surface area contributed by atoms with Gasteiger partial charge in [-0.2, -0.15) is 0 Å². The third kappa shape index (κ3) is 5.66. The molecule has 1 unspecified atom stereocenters. The van der Waals surface area contributed by atoms with E-state index in [9.17, 15) is 18.5 Å². The van der Waals surface area contributed by atoms with Crippen molar-refractivity contribution in [3.8, 4) is 5.75 Å². The molecule has 0 saturated carbocycles. The lowest BCUT2D eigenvalue weighted by Gasteiger charge is -2.14. The first kappa shape index (κ1) is 15.4. The highest BCUT2D eigenvalue weighted by molar-refractivity contribution is 7.89. The van der Waals surface area contributed by atoms with Gasteiger partial charge in [-0.25, -0.2) is 13.6 Å². The Morgan fingerprint density at radius 1 is 1.47 bits per heavy atom. The quantitative estimate of drug-likeness (QED) is 0.600. The van der Waals surface area contributed by atoms with E-state index in [4.69, 9.17) is 9.88 Å². The van der Waals surface area contributed by atoms with E-state index in [0.29, 0.717) is 12.2 Å². The van der Waals surface area contributed by atoms with Gasteiger partial charge in [-0.05, 0) is 12.5 Å². The predicted octanol–water partition coefficient (Wildman–Crippen LogP) is 1.29. The smallest absolute Gasteiger partial charge is 0.273 e. The first-order valence-electron chi connectivity index (χ1n) is 5.69. The van der Waals surface area contributed by atoms with Gasteiger partial charge >= 0.3 is 0 Å². The molecule has 0 radical (unpaired) electrons. The van der Waals surface area contributed by atoms with Crippen LogP contribution in [0.4, 0.5) is 5.69 Å². The van der Waals surface area contributed by atoms with Crippen LogP contribution in [0.1, 0.15) is 13.3 Å². The Kier molecular flexibility index (Phi) is 5.25.